The van der Waals surface area contributed by atoms with Gasteiger partial charge in [-0.05, 0) is 55.6 Å². The van der Waals surface area contributed by atoms with Crippen molar-refractivity contribution in [3.05, 3.63) is 29.5 Å². The SMILES string of the molecule is CC[C@@H]1CC(=O)N[C@@H]1COc1ncc(C#C[C@H]2CC[C@H](C(C)C)CC2)c2cc(C(N)=O)c(OC)cc12. The van der Waals surface area contributed by atoms with Crippen molar-refractivity contribution in [1.29, 1.82) is 0 Å². The molecule has 2 heterocycles. The van der Waals surface area contributed by atoms with Crippen LogP contribution in [0.4, 0.5) is 0 Å². The Morgan fingerprint density at radius 1 is 1.22 bits per heavy atom. The van der Waals surface area contributed by atoms with E-state index in [1.807, 2.05) is 0 Å². The highest BCUT2D eigenvalue weighted by molar-refractivity contribution is 6.03. The number of nitrogens with two attached hydrogens (primary N) is 1. The van der Waals surface area contributed by atoms with Gasteiger partial charge in [0, 0.05) is 29.3 Å². The summed E-state index contributed by atoms with van der Waals surface area (Å²) in [5.41, 5.74) is 6.66. The summed E-state index contributed by atoms with van der Waals surface area (Å²) >= 11 is 0. The lowest BCUT2D eigenvalue weighted by molar-refractivity contribution is -0.119. The predicted octanol–water partition coefficient (Wildman–Crippen LogP) is 4.45. The van der Waals surface area contributed by atoms with Gasteiger partial charge in [0.2, 0.25) is 11.8 Å². The molecule has 0 unspecified atom stereocenters. The number of primary amides is 1. The number of carbonyl (C=O) groups excluding carboxylic acids is 2. The molecule has 1 saturated carbocycles. The van der Waals surface area contributed by atoms with Gasteiger partial charge in [-0.2, -0.15) is 0 Å². The normalized spacial score (nSPS) is 23.8. The third-order valence-corrected chi connectivity index (χ3v) is 7.85. The zero-order valence-electron chi connectivity index (χ0n) is 21.7. The minimum Gasteiger partial charge on any atom is -0.496 e. The Kier molecular flexibility index (Phi) is 8.03. The Hall–Kier alpha value is -3.27. The molecular formula is C29H37N3O4. The smallest absolute Gasteiger partial charge is 0.252 e. The third kappa shape index (κ3) is 5.59. The van der Waals surface area contributed by atoms with Gasteiger partial charge in [0.05, 0.1) is 24.3 Å². The van der Waals surface area contributed by atoms with Crippen LogP contribution in [0.15, 0.2) is 18.3 Å². The molecule has 1 aliphatic carbocycles. The number of benzene rings is 1. The van der Waals surface area contributed by atoms with Gasteiger partial charge in [-0.1, -0.05) is 39.0 Å². The van der Waals surface area contributed by atoms with E-state index in [0.29, 0.717) is 41.9 Å². The lowest BCUT2D eigenvalue weighted by atomic mass is 9.77. The minimum atomic E-state index is -0.571. The molecule has 2 aromatic rings. The molecule has 1 aromatic carbocycles. The monoisotopic (exact) mass is 491 g/mol. The predicted molar refractivity (Wildman–Crippen MR) is 140 cm³/mol. The quantitative estimate of drug-likeness (QED) is 0.557. The van der Waals surface area contributed by atoms with Crippen LogP contribution in [0.5, 0.6) is 11.6 Å². The Bertz CT molecular complexity index is 1190. The first kappa shape index (κ1) is 25.8. The number of carbonyl (C=O) groups is 2. The standard InChI is InChI=1S/C29H37N3O4/c1-5-19-12-27(33)32-25(19)16-36-29-23-14-26(35-4)24(28(30)34)13-22(23)21(15-31-29)11-8-18-6-9-20(10-7-18)17(2)3/h13-15,17-20,25H,5-7,9-10,12,16H2,1-4H3,(H2,30,34)(H,32,33)/t18-,19-,20-,25-/m1/s1. The topological polar surface area (TPSA) is 104 Å². The van der Waals surface area contributed by atoms with Gasteiger partial charge in [0.15, 0.2) is 0 Å². The molecule has 7 nitrogen and oxygen atoms in total. The lowest BCUT2D eigenvalue weighted by Gasteiger charge is -2.28. The second-order valence-electron chi connectivity index (χ2n) is 10.4. The molecule has 0 radical (unpaired) electrons. The fraction of sp³-hybridized carbons (Fsp3) is 0.552. The summed E-state index contributed by atoms with van der Waals surface area (Å²) in [4.78, 5) is 28.6. The summed E-state index contributed by atoms with van der Waals surface area (Å²) in [5.74, 6) is 9.13. The second-order valence-corrected chi connectivity index (χ2v) is 10.4. The van der Waals surface area contributed by atoms with Crippen molar-refractivity contribution in [2.75, 3.05) is 13.7 Å². The van der Waals surface area contributed by atoms with E-state index in [0.717, 1.165) is 36.1 Å². The highest BCUT2D eigenvalue weighted by Crippen LogP contribution is 2.35. The first-order valence-corrected chi connectivity index (χ1v) is 13.0. The average molecular weight is 492 g/mol. The van der Waals surface area contributed by atoms with Crippen LogP contribution in [-0.4, -0.2) is 36.6 Å². The highest BCUT2D eigenvalue weighted by Gasteiger charge is 2.31. The Morgan fingerprint density at radius 3 is 2.61 bits per heavy atom. The van der Waals surface area contributed by atoms with Crippen LogP contribution < -0.4 is 20.5 Å². The number of aromatic nitrogens is 1. The molecule has 1 saturated heterocycles. The molecular weight excluding hydrogens is 454 g/mol. The van der Waals surface area contributed by atoms with Crippen molar-refractivity contribution >= 4 is 22.6 Å². The molecule has 2 fully saturated rings. The van der Waals surface area contributed by atoms with Crippen LogP contribution in [0.2, 0.25) is 0 Å². The molecule has 0 spiro atoms. The number of methoxy groups -OCH3 is 1. The largest absolute Gasteiger partial charge is 0.496 e. The summed E-state index contributed by atoms with van der Waals surface area (Å²) in [7, 11) is 1.50. The molecule has 3 N–H and O–H groups in total. The number of nitrogens with one attached hydrogen (secondary N) is 1. The first-order chi connectivity index (χ1) is 17.3. The van der Waals surface area contributed by atoms with Crippen LogP contribution >= 0.6 is 0 Å². The van der Waals surface area contributed by atoms with Gasteiger partial charge in [-0.3, -0.25) is 9.59 Å². The maximum Gasteiger partial charge on any atom is 0.252 e. The van der Waals surface area contributed by atoms with Gasteiger partial charge in [0.25, 0.3) is 5.91 Å². The molecule has 2 atom stereocenters. The number of hydrogen-bond donors (Lipinski definition) is 2. The van der Waals surface area contributed by atoms with Crippen molar-refractivity contribution in [1.82, 2.24) is 10.3 Å². The number of nitrogens with zero attached hydrogens (tertiary/aromatic N) is 1. The molecule has 0 bridgehead atoms. The van der Waals surface area contributed by atoms with E-state index < -0.39 is 5.91 Å². The van der Waals surface area contributed by atoms with Crippen molar-refractivity contribution in [3.63, 3.8) is 0 Å². The van der Waals surface area contributed by atoms with Gasteiger partial charge < -0.3 is 20.5 Å². The minimum absolute atomic E-state index is 0.0501. The van der Waals surface area contributed by atoms with E-state index in [4.69, 9.17) is 15.2 Å². The highest BCUT2D eigenvalue weighted by atomic mass is 16.5. The Labute approximate surface area is 213 Å². The number of rotatable bonds is 7. The van der Waals surface area contributed by atoms with Crippen LogP contribution in [-0.2, 0) is 4.79 Å². The summed E-state index contributed by atoms with van der Waals surface area (Å²) in [6.07, 6.45) is 7.74. The molecule has 7 heteroatoms. The van der Waals surface area contributed by atoms with Crippen LogP contribution in [0, 0.1) is 35.5 Å². The molecule has 36 heavy (non-hydrogen) atoms. The average Bonchev–Trinajstić information content (AvgIpc) is 3.25. The Morgan fingerprint density at radius 2 is 1.97 bits per heavy atom. The summed E-state index contributed by atoms with van der Waals surface area (Å²) in [5, 5.41) is 4.45. The summed E-state index contributed by atoms with van der Waals surface area (Å²) in [6.45, 7) is 6.98. The lowest BCUT2D eigenvalue weighted by Crippen LogP contribution is -2.34. The zero-order chi connectivity index (χ0) is 25.8. The van der Waals surface area contributed by atoms with Gasteiger partial charge >= 0.3 is 0 Å². The van der Waals surface area contributed by atoms with Crippen LogP contribution in [0.25, 0.3) is 10.8 Å². The van der Waals surface area contributed by atoms with Crippen LogP contribution in [0.3, 0.4) is 0 Å². The molecule has 1 aliphatic heterocycles. The van der Waals surface area contributed by atoms with Crippen molar-refractivity contribution in [2.45, 2.75) is 65.3 Å². The maximum absolute atomic E-state index is 12.1. The summed E-state index contributed by atoms with van der Waals surface area (Å²) < 4.78 is 11.6. The van der Waals surface area contributed by atoms with Gasteiger partial charge in [-0.25, -0.2) is 4.98 Å². The molecule has 2 aliphatic rings. The van der Waals surface area contributed by atoms with Crippen molar-refractivity contribution in [3.8, 4) is 23.5 Å². The van der Waals surface area contributed by atoms with E-state index in [1.54, 1.807) is 18.3 Å². The van der Waals surface area contributed by atoms with E-state index in [9.17, 15) is 9.59 Å². The fourth-order valence-electron chi connectivity index (χ4n) is 5.47. The van der Waals surface area contributed by atoms with E-state index in [1.165, 1.54) is 20.0 Å². The number of amides is 2. The maximum atomic E-state index is 12.1. The first-order valence-electron chi connectivity index (χ1n) is 13.0. The van der Waals surface area contributed by atoms with E-state index in [-0.39, 0.29) is 23.4 Å². The molecule has 4 rings (SSSR count). The molecule has 2 amide bonds. The number of pyridine rings is 1. The van der Waals surface area contributed by atoms with Crippen molar-refractivity contribution in [2.24, 2.45) is 29.4 Å². The van der Waals surface area contributed by atoms with Crippen LogP contribution in [0.1, 0.15) is 75.2 Å². The van der Waals surface area contributed by atoms with Crippen molar-refractivity contribution < 1.29 is 19.1 Å². The molecule has 1 aromatic heterocycles. The van der Waals surface area contributed by atoms with E-state index >= 15 is 0 Å². The summed E-state index contributed by atoms with van der Waals surface area (Å²) in [6, 6.07) is 3.39. The molecule has 192 valence electrons. The third-order valence-electron chi connectivity index (χ3n) is 7.85. The fourth-order valence-corrected chi connectivity index (χ4v) is 5.47. The van der Waals surface area contributed by atoms with Gasteiger partial charge in [-0.15, -0.1) is 0 Å². The number of hydrogen-bond acceptors (Lipinski definition) is 5. The zero-order valence-corrected chi connectivity index (χ0v) is 21.7. The second kappa shape index (κ2) is 11.2. The number of ether oxygens (including phenoxy) is 2. The van der Waals surface area contributed by atoms with Gasteiger partial charge in [0.1, 0.15) is 12.4 Å². The van der Waals surface area contributed by atoms with E-state index in [2.05, 4.69) is 42.9 Å². The number of fused-ring (bicyclic) bond motifs is 1. The Balaban J connectivity index is 1.65.